The molecule has 1 aliphatic rings. The Morgan fingerprint density at radius 2 is 2.09 bits per heavy atom. The van der Waals surface area contributed by atoms with Gasteiger partial charge in [-0.3, -0.25) is 24.4 Å². The van der Waals surface area contributed by atoms with Crippen LogP contribution in [0, 0.1) is 24.1 Å². The number of carbonyl (C=O) groups is 2. The zero-order valence-electron chi connectivity index (χ0n) is 18.0. The topological polar surface area (TPSA) is 176 Å². The van der Waals surface area contributed by atoms with Crippen molar-refractivity contribution in [2.45, 2.75) is 38.2 Å². The molecule has 1 saturated heterocycles. The molecular formula is C21H22FN5O7. The first-order chi connectivity index (χ1) is 16.2. The molecule has 180 valence electrons. The molecule has 3 atom stereocenters. The molecule has 1 aromatic carbocycles. The minimum Gasteiger partial charge on any atom is -0.394 e. The minimum absolute atomic E-state index is 0.000341. The van der Waals surface area contributed by atoms with Crippen molar-refractivity contribution < 1.29 is 28.9 Å². The third-order valence-electron chi connectivity index (χ3n) is 5.20. The summed E-state index contributed by atoms with van der Waals surface area (Å²) >= 11 is 0. The van der Waals surface area contributed by atoms with Gasteiger partial charge < -0.3 is 20.3 Å². The first kappa shape index (κ1) is 24.8. The van der Waals surface area contributed by atoms with Crippen molar-refractivity contribution in [2.24, 2.45) is 0 Å². The summed E-state index contributed by atoms with van der Waals surface area (Å²) in [5, 5.41) is 30.4. The summed E-state index contributed by atoms with van der Waals surface area (Å²) in [5.74, 6) is -2.17. The van der Waals surface area contributed by atoms with E-state index >= 15 is 0 Å². The van der Waals surface area contributed by atoms with Crippen LogP contribution in [-0.2, 0) is 9.53 Å². The van der Waals surface area contributed by atoms with Gasteiger partial charge in [0, 0.05) is 36.7 Å². The highest BCUT2D eigenvalue weighted by Gasteiger charge is 2.35. The van der Waals surface area contributed by atoms with E-state index in [2.05, 4.69) is 10.7 Å². The van der Waals surface area contributed by atoms with Crippen LogP contribution < -0.4 is 22.0 Å². The number of amides is 2. The zero-order valence-corrected chi connectivity index (χ0v) is 18.0. The molecule has 0 saturated carbocycles. The first-order valence-electron chi connectivity index (χ1n) is 10.2. The average molecular weight is 474 g/mol. The van der Waals surface area contributed by atoms with Gasteiger partial charge in [0.05, 0.1) is 18.3 Å². The second-order valence-corrected chi connectivity index (χ2v) is 7.60. The molecule has 0 radical (unpaired) electrons. The van der Waals surface area contributed by atoms with Crippen LogP contribution in [0.2, 0.25) is 0 Å². The summed E-state index contributed by atoms with van der Waals surface area (Å²) in [6.07, 6.45) is -1.91. The molecule has 0 unspecified atom stereocenters. The van der Waals surface area contributed by atoms with Crippen molar-refractivity contribution in [1.82, 2.24) is 14.6 Å². The first-order valence-corrected chi connectivity index (χ1v) is 10.2. The molecule has 3 rings (SSSR count). The Morgan fingerprint density at radius 3 is 2.74 bits per heavy atom. The highest BCUT2D eigenvalue weighted by molar-refractivity contribution is 5.95. The Hall–Kier alpha value is -3.86. The summed E-state index contributed by atoms with van der Waals surface area (Å²) in [4.78, 5) is 49.6. The van der Waals surface area contributed by atoms with Gasteiger partial charge in [0.25, 0.3) is 11.5 Å². The molecule has 0 bridgehead atoms. The largest absolute Gasteiger partial charge is 0.394 e. The molecule has 2 amide bonds. The number of aliphatic hydroxyl groups is 2. The maximum atomic E-state index is 13.4. The van der Waals surface area contributed by atoms with Crippen LogP contribution in [0.25, 0.3) is 0 Å². The number of nitrogens with zero attached hydrogens (tertiary/aromatic N) is 3. The molecule has 13 heteroatoms. The van der Waals surface area contributed by atoms with Crippen molar-refractivity contribution in [3.63, 3.8) is 0 Å². The molecule has 4 N–H and O–H groups in total. The smallest absolute Gasteiger partial charge is 0.352 e. The fourth-order valence-corrected chi connectivity index (χ4v) is 3.38. The maximum absolute atomic E-state index is 13.4. The Bertz CT molecular complexity index is 1270. The number of aliphatic hydroxyl groups excluding tert-OH is 2. The Kier molecular flexibility index (Phi) is 7.57. The summed E-state index contributed by atoms with van der Waals surface area (Å²) in [7, 11) is 0. The van der Waals surface area contributed by atoms with Crippen LogP contribution in [0.1, 0.15) is 40.6 Å². The molecule has 0 aliphatic carbocycles. The number of rotatable bonds is 7. The van der Waals surface area contributed by atoms with Gasteiger partial charge in [0.15, 0.2) is 0 Å². The zero-order chi connectivity index (χ0) is 25.0. The number of hydrogen-bond acceptors (Lipinski definition) is 8. The van der Waals surface area contributed by atoms with Crippen molar-refractivity contribution in [2.75, 3.05) is 18.6 Å². The average Bonchev–Trinajstić information content (AvgIpc) is 3.19. The number of nitriles is 1. The number of aryl methyl sites for hydroxylation is 1. The Morgan fingerprint density at radius 1 is 1.35 bits per heavy atom. The van der Waals surface area contributed by atoms with Crippen LogP contribution in [-0.4, -0.2) is 56.6 Å². The van der Waals surface area contributed by atoms with E-state index < -0.39 is 53.9 Å². The second-order valence-electron chi connectivity index (χ2n) is 7.60. The molecule has 0 spiro atoms. The number of halogens is 1. The highest BCUT2D eigenvalue weighted by atomic mass is 18.2. The third kappa shape index (κ3) is 5.20. The Balaban J connectivity index is 1.66. The lowest BCUT2D eigenvalue weighted by Crippen LogP contribution is -2.48. The van der Waals surface area contributed by atoms with Gasteiger partial charge in [-0.1, -0.05) is 0 Å². The van der Waals surface area contributed by atoms with Gasteiger partial charge in [0.1, 0.15) is 24.2 Å². The predicted molar refractivity (Wildman–Crippen MR) is 114 cm³/mol. The summed E-state index contributed by atoms with van der Waals surface area (Å²) in [6, 6.07) is 4.86. The number of ether oxygens (including phenoxy) is 1. The number of carbonyl (C=O) groups excluding carboxylic acids is 2. The molecule has 1 aromatic heterocycles. The highest BCUT2D eigenvalue weighted by Crippen LogP contribution is 2.27. The van der Waals surface area contributed by atoms with E-state index in [1.807, 2.05) is 0 Å². The summed E-state index contributed by atoms with van der Waals surface area (Å²) in [6.45, 7) is 0.798. The number of nitrogens with one attached hydrogen (secondary N) is 2. The van der Waals surface area contributed by atoms with Crippen molar-refractivity contribution in [1.29, 1.82) is 5.26 Å². The van der Waals surface area contributed by atoms with Gasteiger partial charge in [-0.25, -0.2) is 9.18 Å². The molecule has 1 fully saturated rings. The van der Waals surface area contributed by atoms with E-state index in [0.717, 1.165) is 16.7 Å². The van der Waals surface area contributed by atoms with Crippen LogP contribution in [0.3, 0.4) is 0 Å². The monoisotopic (exact) mass is 474 g/mol. The maximum Gasteiger partial charge on any atom is 0.352 e. The van der Waals surface area contributed by atoms with Crippen LogP contribution >= 0.6 is 0 Å². The fourth-order valence-electron chi connectivity index (χ4n) is 3.38. The molecule has 2 aromatic rings. The van der Waals surface area contributed by atoms with Gasteiger partial charge in [-0.15, -0.1) is 0 Å². The molecular weight excluding hydrogens is 452 g/mol. The van der Waals surface area contributed by atoms with Crippen LogP contribution in [0.4, 0.5) is 4.39 Å². The van der Waals surface area contributed by atoms with Crippen LogP contribution in [0.5, 0.6) is 0 Å². The summed E-state index contributed by atoms with van der Waals surface area (Å²) in [5.41, 5.74) is 0.327. The van der Waals surface area contributed by atoms with Gasteiger partial charge >= 0.3 is 5.69 Å². The Labute approximate surface area is 191 Å². The molecule has 12 nitrogen and oxygen atoms in total. The van der Waals surface area contributed by atoms with E-state index in [0.29, 0.717) is 4.68 Å². The lowest BCUT2D eigenvalue weighted by atomic mass is 10.1. The van der Waals surface area contributed by atoms with E-state index in [1.54, 1.807) is 6.07 Å². The SMILES string of the molecule is Cc1cn([C@H]2C[C@H](O)[C@@H](CO)O2)c(=O)n(NC(=O)CCNC(=O)c2ccc([18F])c(C#N)c2)c1=O. The van der Waals surface area contributed by atoms with Crippen LogP contribution in [0.15, 0.2) is 34.0 Å². The van der Waals surface area contributed by atoms with E-state index in [-0.39, 0.29) is 36.1 Å². The van der Waals surface area contributed by atoms with E-state index in [1.165, 1.54) is 19.2 Å². The van der Waals surface area contributed by atoms with E-state index in [4.69, 9.17) is 10.00 Å². The predicted octanol–water partition coefficient (Wildman–Crippen LogP) is -1.14. The van der Waals surface area contributed by atoms with Gasteiger partial charge in [-0.05, 0) is 25.1 Å². The molecule has 2 heterocycles. The number of aromatic nitrogens is 2. The number of benzene rings is 1. The van der Waals surface area contributed by atoms with E-state index in [9.17, 15) is 33.8 Å². The van der Waals surface area contributed by atoms with Gasteiger partial charge in [-0.2, -0.15) is 9.94 Å². The van der Waals surface area contributed by atoms with Gasteiger partial charge in [0.2, 0.25) is 5.91 Å². The normalized spacial score (nSPS) is 19.4. The lowest BCUT2D eigenvalue weighted by Gasteiger charge is -2.17. The van der Waals surface area contributed by atoms with Crippen molar-refractivity contribution in [3.05, 3.63) is 67.7 Å². The minimum atomic E-state index is -1.01. The third-order valence-corrected chi connectivity index (χ3v) is 5.20. The lowest BCUT2D eigenvalue weighted by molar-refractivity contribution is -0.117. The summed E-state index contributed by atoms with van der Waals surface area (Å²) < 4.78 is 20.4. The fraction of sp³-hybridized carbons (Fsp3) is 0.381. The van der Waals surface area contributed by atoms with Crippen molar-refractivity contribution >= 4 is 11.8 Å². The quantitative estimate of drug-likeness (QED) is 0.389. The standard InChI is InChI=1S/C21H22FN5O7/c1-11-9-26(18-7-15(29)16(10-28)34-18)21(33)27(20(11)32)25-17(30)4-5-24-19(31)12-2-3-14(22)13(6-12)8-23/h2-3,6,9,15-16,18,28-29H,4-5,7,10H2,1H3,(H,24,31)(H,25,30)/t15-,16+,18+/m0/s1/i22-1. The number of hydrogen-bond donors (Lipinski definition) is 4. The molecule has 34 heavy (non-hydrogen) atoms. The molecule has 1 aliphatic heterocycles. The van der Waals surface area contributed by atoms with Crippen molar-refractivity contribution in [3.8, 4) is 6.07 Å². The second kappa shape index (κ2) is 10.4.